The van der Waals surface area contributed by atoms with Gasteiger partial charge in [-0.25, -0.2) is 0 Å². The van der Waals surface area contributed by atoms with Gasteiger partial charge in [-0.2, -0.15) is 11.8 Å². The minimum Gasteiger partial charge on any atom is -0.274 e. The fourth-order valence-electron chi connectivity index (χ4n) is 1.74. The molecule has 1 heterocycles. The topological polar surface area (TPSA) is 30.7 Å². The number of hydrogen-bond donors (Lipinski definition) is 0. The number of rotatable bonds is 5. The molecule has 1 aromatic heterocycles. The zero-order valence-corrected chi connectivity index (χ0v) is 12.5. The summed E-state index contributed by atoms with van der Waals surface area (Å²) in [5, 5.41) is 9.45. The van der Waals surface area contributed by atoms with E-state index in [-0.39, 0.29) is 0 Å². The number of aromatic nitrogens is 3. The molecule has 1 aromatic carbocycles. The summed E-state index contributed by atoms with van der Waals surface area (Å²) in [6, 6.07) is 8.34. The van der Waals surface area contributed by atoms with E-state index < -0.39 is 0 Å². The first kappa shape index (κ1) is 13.5. The SMILES string of the molecule is CSCCSc1nnc(C)n1-c1ccccc1C. The van der Waals surface area contributed by atoms with Crippen molar-refractivity contribution < 1.29 is 0 Å². The quantitative estimate of drug-likeness (QED) is 0.620. The predicted molar refractivity (Wildman–Crippen MR) is 79.9 cm³/mol. The number of para-hydroxylation sites is 1. The van der Waals surface area contributed by atoms with Crippen LogP contribution in [-0.4, -0.2) is 32.5 Å². The Bertz CT molecular complexity index is 523. The Balaban J connectivity index is 2.32. The summed E-state index contributed by atoms with van der Waals surface area (Å²) in [6.45, 7) is 4.11. The first-order valence-corrected chi connectivity index (χ1v) is 8.21. The van der Waals surface area contributed by atoms with Crippen molar-refractivity contribution in [1.29, 1.82) is 0 Å². The van der Waals surface area contributed by atoms with Gasteiger partial charge in [0.05, 0.1) is 5.69 Å². The second-order valence-electron chi connectivity index (χ2n) is 3.99. The van der Waals surface area contributed by atoms with Crippen LogP contribution in [0.1, 0.15) is 11.4 Å². The Morgan fingerprint density at radius 2 is 1.89 bits per heavy atom. The van der Waals surface area contributed by atoms with Gasteiger partial charge >= 0.3 is 0 Å². The molecular weight excluding hydrogens is 262 g/mol. The molecule has 2 aromatic rings. The van der Waals surface area contributed by atoms with Crippen molar-refractivity contribution in [2.24, 2.45) is 0 Å². The molecule has 96 valence electrons. The third-order valence-corrected chi connectivity index (χ3v) is 4.47. The van der Waals surface area contributed by atoms with E-state index in [0.717, 1.165) is 22.5 Å². The number of benzene rings is 1. The highest BCUT2D eigenvalue weighted by atomic mass is 32.2. The molecular formula is C13H17N3S2. The van der Waals surface area contributed by atoms with Gasteiger partial charge in [0.1, 0.15) is 5.82 Å². The van der Waals surface area contributed by atoms with Gasteiger partial charge in [-0.15, -0.1) is 10.2 Å². The Kier molecular flexibility index (Phi) is 4.72. The first-order chi connectivity index (χ1) is 8.74. The second kappa shape index (κ2) is 6.29. The molecule has 0 saturated heterocycles. The average molecular weight is 279 g/mol. The summed E-state index contributed by atoms with van der Waals surface area (Å²) >= 11 is 3.62. The summed E-state index contributed by atoms with van der Waals surface area (Å²) in [6.07, 6.45) is 2.12. The van der Waals surface area contributed by atoms with Crippen LogP contribution in [0.4, 0.5) is 0 Å². The van der Waals surface area contributed by atoms with Crippen LogP contribution in [0.15, 0.2) is 29.4 Å². The molecule has 0 atom stereocenters. The molecule has 0 bridgehead atoms. The maximum absolute atomic E-state index is 4.27. The summed E-state index contributed by atoms with van der Waals surface area (Å²) in [5.74, 6) is 3.13. The van der Waals surface area contributed by atoms with E-state index >= 15 is 0 Å². The van der Waals surface area contributed by atoms with Gasteiger partial charge < -0.3 is 0 Å². The number of thioether (sulfide) groups is 2. The molecule has 5 heteroatoms. The average Bonchev–Trinajstić information content (AvgIpc) is 2.72. The minimum atomic E-state index is 0.941. The molecule has 0 spiro atoms. The Morgan fingerprint density at radius 3 is 2.61 bits per heavy atom. The molecule has 0 aliphatic rings. The van der Waals surface area contributed by atoms with E-state index in [1.807, 2.05) is 18.7 Å². The number of aryl methyl sites for hydroxylation is 2. The van der Waals surface area contributed by atoms with Gasteiger partial charge in [0.25, 0.3) is 0 Å². The fourth-order valence-corrected chi connectivity index (χ4v) is 3.39. The highest BCUT2D eigenvalue weighted by molar-refractivity contribution is 8.02. The van der Waals surface area contributed by atoms with E-state index in [4.69, 9.17) is 0 Å². The molecule has 3 nitrogen and oxygen atoms in total. The molecule has 0 radical (unpaired) electrons. The molecule has 18 heavy (non-hydrogen) atoms. The van der Waals surface area contributed by atoms with Crippen molar-refractivity contribution in [1.82, 2.24) is 14.8 Å². The molecule has 0 amide bonds. The third-order valence-electron chi connectivity index (χ3n) is 2.67. The monoisotopic (exact) mass is 279 g/mol. The number of nitrogens with zero attached hydrogens (tertiary/aromatic N) is 3. The van der Waals surface area contributed by atoms with E-state index in [1.165, 1.54) is 11.3 Å². The van der Waals surface area contributed by atoms with Crippen molar-refractivity contribution in [2.75, 3.05) is 17.8 Å². The van der Waals surface area contributed by atoms with Crippen LogP contribution in [-0.2, 0) is 0 Å². The van der Waals surface area contributed by atoms with Crippen LogP contribution in [0.25, 0.3) is 5.69 Å². The summed E-state index contributed by atoms with van der Waals surface area (Å²) in [5.41, 5.74) is 2.42. The van der Waals surface area contributed by atoms with Crippen LogP contribution < -0.4 is 0 Å². The lowest BCUT2D eigenvalue weighted by atomic mass is 10.2. The maximum Gasteiger partial charge on any atom is 0.195 e. The van der Waals surface area contributed by atoms with Crippen molar-refractivity contribution >= 4 is 23.5 Å². The lowest BCUT2D eigenvalue weighted by Crippen LogP contribution is -2.01. The molecule has 0 saturated carbocycles. The zero-order chi connectivity index (χ0) is 13.0. The van der Waals surface area contributed by atoms with E-state index in [1.54, 1.807) is 11.8 Å². The first-order valence-electron chi connectivity index (χ1n) is 5.84. The third kappa shape index (κ3) is 2.90. The van der Waals surface area contributed by atoms with Crippen molar-refractivity contribution in [3.05, 3.63) is 35.7 Å². The predicted octanol–water partition coefficient (Wildman–Crippen LogP) is 3.34. The maximum atomic E-state index is 4.27. The van der Waals surface area contributed by atoms with Gasteiger partial charge in [0.15, 0.2) is 5.16 Å². The molecule has 0 unspecified atom stereocenters. The van der Waals surface area contributed by atoms with Crippen LogP contribution in [0, 0.1) is 13.8 Å². The minimum absolute atomic E-state index is 0.941. The molecule has 2 rings (SSSR count). The van der Waals surface area contributed by atoms with E-state index in [0.29, 0.717) is 0 Å². The fraction of sp³-hybridized carbons (Fsp3) is 0.385. The van der Waals surface area contributed by atoms with Crippen LogP contribution in [0.2, 0.25) is 0 Å². The highest BCUT2D eigenvalue weighted by Crippen LogP contribution is 2.24. The summed E-state index contributed by atoms with van der Waals surface area (Å²) in [4.78, 5) is 0. The van der Waals surface area contributed by atoms with Gasteiger partial charge in [0, 0.05) is 11.5 Å². The molecule has 0 fully saturated rings. The Hall–Kier alpha value is -0.940. The van der Waals surface area contributed by atoms with E-state index in [2.05, 4.69) is 52.2 Å². The molecule has 0 aliphatic heterocycles. The summed E-state index contributed by atoms with van der Waals surface area (Å²) in [7, 11) is 0. The summed E-state index contributed by atoms with van der Waals surface area (Å²) < 4.78 is 2.14. The van der Waals surface area contributed by atoms with Crippen molar-refractivity contribution in [2.45, 2.75) is 19.0 Å². The van der Waals surface area contributed by atoms with Gasteiger partial charge in [-0.05, 0) is 31.7 Å². The van der Waals surface area contributed by atoms with Crippen LogP contribution in [0.5, 0.6) is 0 Å². The Morgan fingerprint density at radius 1 is 1.11 bits per heavy atom. The standard InChI is InChI=1S/C13H17N3S2/c1-10-6-4-5-7-12(10)16-11(2)14-15-13(16)18-9-8-17-3/h4-7H,8-9H2,1-3H3. The normalized spacial score (nSPS) is 10.8. The second-order valence-corrected chi connectivity index (χ2v) is 6.04. The Labute approximate surface area is 116 Å². The van der Waals surface area contributed by atoms with Crippen molar-refractivity contribution in [3.8, 4) is 5.69 Å². The molecule has 0 aliphatic carbocycles. The van der Waals surface area contributed by atoms with Gasteiger partial charge in [-0.3, -0.25) is 4.57 Å². The van der Waals surface area contributed by atoms with Gasteiger partial charge in [0.2, 0.25) is 0 Å². The van der Waals surface area contributed by atoms with Crippen LogP contribution in [0.3, 0.4) is 0 Å². The lowest BCUT2D eigenvalue weighted by Gasteiger charge is -2.10. The smallest absolute Gasteiger partial charge is 0.195 e. The molecule has 0 N–H and O–H groups in total. The number of hydrogen-bond acceptors (Lipinski definition) is 4. The highest BCUT2D eigenvalue weighted by Gasteiger charge is 2.12. The lowest BCUT2D eigenvalue weighted by molar-refractivity contribution is 0.862. The largest absolute Gasteiger partial charge is 0.274 e. The zero-order valence-electron chi connectivity index (χ0n) is 10.9. The van der Waals surface area contributed by atoms with Crippen molar-refractivity contribution in [3.63, 3.8) is 0 Å². The van der Waals surface area contributed by atoms with E-state index in [9.17, 15) is 0 Å². The van der Waals surface area contributed by atoms with Crippen LogP contribution >= 0.6 is 23.5 Å². The van der Waals surface area contributed by atoms with Gasteiger partial charge in [-0.1, -0.05) is 30.0 Å².